The van der Waals surface area contributed by atoms with Crippen molar-refractivity contribution in [3.05, 3.63) is 54.4 Å². The molecule has 2 aliphatic rings. The van der Waals surface area contributed by atoms with Crippen molar-refractivity contribution in [2.75, 3.05) is 19.6 Å². The summed E-state index contributed by atoms with van der Waals surface area (Å²) in [6.45, 7) is 1.49. The Morgan fingerprint density at radius 1 is 1.08 bits per heavy atom. The number of aromatic nitrogens is 1. The zero-order chi connectivity index (χ0) is 25.7. The van der Waals surface area contributed by atoms with Gasteiger partial charge in [0.05, 0.1) is 0 Å². The summed E-state index contributed by atoms with van der Waals surface area (Å²) in [4.78, 5) is 42.4. The number of nitrogens with zero attached hydrogens (tertiary/aromatic N) is 3. The highest BCUT2D eigenvalue weighted by atomic mass is 32.2. The number of pyridine rings is 1. The van der Waals surface area contributed by atoms with E-state index in [0.29, 0.717) is 30.8 Å². The Morgan fingerprint density at radius 2 is 1.81 bits per heavy atom. The zero-order valence-electron chi connectivity index (χ0n) is 19.6. The maximum absolute atomic E-state index is 13.0. The van der Waals surface area contributed by atoms with Crippen molar-refractivity contribution in [1.82, 2.24) is 19.5 Å². The van der Waals surface area contributed by atoms with Gasteiger partial charge in [0.15, 0.2) is 0 Å². The van der Waals surface area contributed by atoms with Gasteiger partial charge in [-0.2, -0.15) is 4.31 Å². The van der Waals surface area contributed by atoms with Gasteiger partial charge in [-0.1, -0.05) is 12.1 Å². The minimum atomic E-state index is -3.95. The molecule has 4 rings (SSSR count). The standard InChI is InChI=1S/C24H28N4O7S/c29-22(21-6-4-14-28(21)36(33,34)19-5-3-11-25-16-19)26-20(23(30)31)15-17-7-9-18(10-8-17)35-24(32)27-12-1-2-13-27/h3,5,7-11,16,20-21H,1-2,4,6,12-15H2,(H,26,29)(H,30,31)/t20-,21-/m1/s1. The Labute approximate surface area is 209 Å². The number of benzene rings is 1. The van der Waals surface area contributed by atoms with Crippen molar-refractivity contribution in [1.29, 1.82) is 0 Å². The summed E-state index contributed by atoms with van der Waals surface area (Å²) in [5.41, 5.74) is 0.606. The lowest BCUT2D eigenvalue weighted by Crippen LogP contribution is -2.51. The van der Waals surface area contributed by atoms with E-state index in [4.69, 9.17) is 4.74 Å². The molecule has 12 heteroatoms. The van der Waals surface area contributed by atoms with Crippen LogP contribution in [0.3, 0.4) is 0 Å². The van der Waals surface area contributed by atoms with Crippen LogP contribution in [0.1, 0.15) is 31.2 Å². The lowest BCUT2D eigenvalue weighted by molar-refractivity contribution is -0.142. The van der Waals surface area contributed by atoms with Crippen LogP contribution in [-0.4, -0.2) is 77.4 Å². The monoisotopic (exact) mass is 516 g/mol. The minimum absolute atomic E-state index is 0.0231. The number of likely N-dealkylation sites (tertiary alicyclic amines) is 1. The van der Waals surface area contributed by atoms with Crippen LogP contribution in [0.15, 0.2) is 53.7 Å². The van der Waals surface area contributed by atoms with Crippen LogP contribution in [0.2, 0.25) is 0 Å². The van der Waals surface area contributed by atoms with Crippen LogP contribution < -0.4 is 10.1 Å². The van der Waals surface area contributed by atoms with Gasteiger partial charge >= 0.3 is 12.1 Å². The number of ether oxygens (including phenoxy) is 1. The zero-order valence-corrected chi connectivity index (χ0v) is 20.4. The Hall–Kier alpha value is -3.51. The van der Waals surface area contributed by atoms with Crippen molar-refractivity contribution in [2.45, 2.75) is 49.1 Å². The summed E-state index contributed by atoms with van der Waals surface area (Å²) in [5.74, 6) is -1.56. The molecule has 2 fully saturated rings. The molecule has 36 heavy (non-hydrogen) atoms. The highest BCUT2D eigenvalue weighted by Crippen LogP contribution is 2.26. The van der Waals surface area contributed by atoms with Crippen molar-refractivity contribution in [3.8, 4) is 5.75 Å². The molecule has 1 aromatic heterocycles. The maximum atomic E-state index is 13.0. The first kappa shape index (κ1) is 25.6. The lowest BCUT2D eigenvalue weighted by Gasteiger charge is -2.25. The number of aliphatic carboxylic acids is 1. The number of carboxylic acid groups (broad SMARTS) is 1. The molecule has 11 nitrogen and oxygen atoms in total. The third-order valence-electron chi connectivity index (χ3n) is 6.29. The third kappa shape index (κ3) is 5.82. The second-order valence-electron chi connectivity index (χ2n) is 8.77. The molecular formula is C24H28N4O7S. The fourth-order valence-corrected chi connectivity index (χ4v) is 6.01. The summed E-state index contributed by atoms with van der Waals surface area (Å²) < 4.78 is 32.5. The number of carbonyl (C=O) groups excluding carboxylic acids is 2. The number of rotatable bonds is 8. The number of amides is 2. The topological polar surface area (TPSA) is 146 Å². The van der Waals surface area contributed by atoms with Gasteiger partial charge in [-0.05, 0) is 55.5 Å². The molecule has 3 heterocycles. The van der Waals surface area contributed by atoms with E-state index >= 15 is 0 Å². The predicted molar refractivity (Wildman–Crippen MR) is 128 cm³/mol. The summed E-state index contributed by atoms with van der Waals surface area (Å²) in [6, 6.07) is 7.03. The van der Waals surface area contributed by atoms with Crippen molar-refractivity contribution >= 4 is 28.0 Å². The molecule has 0 bridgehead atoms. The van der Waals surface area contributed by atoms with Crippen molar-refractivity contribution in [3.63, 3.8) is 0 Å². The molecule has 2 aromatic rings. The van der Waals surface area contributed by atoms with E-state index in [1.54, 1.807) is 29.2 Å². The van der Waals surface area contributed by atoms with E-state index in [1.165, 1.54) is 24.5 Å². The van der Waals surface area contributed by atoms with Crippen LogP contribution >= 0.6 is 0 Å². The minimum Gasteiger partial charge on any atom is -0.480 e. The summed E-state index contributed by atoms with van der Waals surface area (Å²) >= 11 is 0. The first-order valence-electron chi connectivity index (χ1n) is 11.8. The second kappa shape index (κ2) is 11.0. The van der Waals surface area contributed by atoms with E-state index in [9.17, 15) is 27.9 Å². The quantitative estimate of drug-likeness (QED) is 0.538. The molecule has 2 atom stereocenters. The van der Waals surface area contributed by atoms with Crippen LogP contribution in [0.25, 0.3) is 0 Å². The van der Waals surface area contributed by atoms with E-state index in [1.807, 2.05) is 0 Å². The van der Waals surface area contributed by atoms with Gasteiger partial charge in [0.25, 0.3) is 0 Å². The largest absolute Gasteiger partial charge is 0.480 e. The highest BCUT2D eigenvalue weighted by Gasteiger charge is 2.40. The third-order valence-corrected chi connectivity index (χ3v) is 8.19. The van der Waals surface area contributed by atoms with Crippen LogP contribution in [0.5, 0.6) is 5.75 Å². The van der Waals surface area contributed by atoms with Gasteiger partial charge in [0.1, 0.15) is 22.7 Å². The average molecular weight is 517 g/mol. The maximum Gasteiger partial charge on any atom is 0.415 e. The number of carboxylic acids is 1. The summed E-state index contributed by atoms with van der Waals surface area (Å²) in [5, 5.41) is 12.2. The van der Waals surface area contributed by atoms with Gasteiger partial charge in [-0.15, -0.1) is 0 Å². The number of nitrogens with one attached hydrogen (secondary N) is 1. The van der Waals surface area contributed by atoms with Gasteiger partial charge in [-0.3, -0.25) is 9.78 Å². The van der Waals surface area contributed by atoms with E-state index in [-0.39, 0.29) is 24.3 Å². The number of hydrogen-bond acceptors (Lipinski definition) is 7. The van der Waals surface area contributed by atoms with E-state index in [0.717, 1.165) is 17.1 Å². The fourth-order valence-electron chi connectivity index (χ4n) is 4.39. The van der Waals surface area contributed by atoms with E-state index in [2.05, 4.69) is 10.3 Å². The molecule has 0 saturated carbocycles. The number of sulfonamides is 1. The number of carbonyl (C=O) groups is 3. The SMILES string of the molecule is O=C(N[C@H](Cc1ccc(OC(=O)N2CCCC2)cc1)C(=O)O)[C@H]1CCCN1S(=O)(=O)c1cccnc1. The molecule has 0 radical (unpaired) electrons. The molecular weight excluding hydrogens is 488 g/mol. The van der Waals surface area contributed by atoms with Crippen LogP contribution in [0, 0.1) is 0 Å². The molecule has 192 valence electrons. The van der Waals surface area contributed by atoms with Gasteiger partial charge in [0, 0.05) is 38.4 Å². The molecule has 0 aliphatic carbocycles. The normalized spacial score (nSPS) is 19.1. The molecule has 2 N–H and O–H groups in total. The van der Waals surface area contributed by atoms with Gasteiger partial charge in [0.2, 0.25) is 15.9 Å². The smallest absolute Gasteiger partial charge is 0.415 e. The second-order valence-corrected chi connectivity index (χ2v) is 10.7. The van der Waals surface area contributed by atoms with Crippen LogP contribution in [0.4, 0.5) is 4.79 Å². The number of hydrogen-bond donors (Lipinski definition) is 2. The first-order chi connectivity index (χ1) is 17.3. The van der Waals surface area contributed by atoms with Gasteiger partial charge < -0.3 is 20.1 Å². The molecule has 2 aliphatic heterocycles. The lowest BCUT2D eigenvalue weighted by atomic mass is 10.1. The highest BCUT2D eigenvalue weighted by molar-refractivity contribution is 7.89. The molecule has 2 amide bonds. The Balaban J connectivity index is 1.39. The average Bonchev–Trinajstić information content (AvgIpc) is 3.58. The molecule has 0 unspecified atom stereocenters. The molecule has 1 aromatic carbocycles. The van der Waals surface area contributed by atoms with E-state index < -0.39 is 40.1 Å². The Morgan fingerprint density at radius 3 is 2.44 bits per heavy atom. The molecule has 0 spiro atoms. The van der Waals surface area contributed by atoms with Crippen molar-refractivity contribution in [2.24, 2.45) is 0 Å². The predicted octanol–water partition coefficient (Wildman–Crippen LogP) is 1.64. The Bertz CT molecular complexity index is 1200. The fraction of sp³-hybridized carbons (Fsp3) is 0.417. The summed E-state index contributed by atoms with van der Waals surface area (Å²) in [7, 11) is -3.95. The van der Waals surface area contributed by atoms with Crippen LogP contribution in [-0.2, 0) is 26.0 Å². The summed E-state index contributed by atoms with van der Waals surface area (Å²) in [6.07, 6.45) is 4.89. The van der Waals surface area contributed by atoms with Crippen molar-refractivity contribution < 1.29 is 32.6 Å². The first-order valence-corrected chi connectivity index (χ1v) is 13.2. The molecule has 2 saturated heterocycles. The van der Waals surface area contributed by atoms with Gasteiger partial charge in [-0.25, -0.2) is 18.0 Å². The Kier molecular flexibility index (Phi) is 7.85.